The third-order valence-electron chi connectivity index (χ3n) is 9.95. The number of esters is 1. The molecule has 2 aromatic carbocycles. The molecule has 0 aromatic heterocycles. The largest absolute Gasteiger partial charge is 0.477 e. The van der Waals surface area contributed by atoms with Crippen LogP contribution in [0.4, 0.5) is 0 Å². The highest BCUT2D eigenvalue weighted by atomic mass is 31.2. The number of rotatable bonds is 23. The first-order valence-electron chi connectivity index (χ1n) is 20.0. The van der Waals surface area contributed by atoms with Crippen LogP contribution in [-0.4, -0.2) is 64.8 Å². The van der Waals surface area contributed by atoms with Gasteiger partial charge >= 0.3 is 13.8 Å². The van der Waals surface area contributed by atoms with Gasteiger partial charge in [0.25, 0.3) is 0 Å². The van der Waals surface area contributed by atoms with Crippen molar-refractivity contribution in [2.75, 3.05) is 19.8 Å². The lowest BCUT2D eigenvalue weighted by molar-refractivity contribution is -0.304. The minimum atomic E-state index is -4.22. The van der Waals surface area contributed by atoms with Gasteiger partial charge in [-0.3, -0.25) is 18.4 Å². The van der Waals surface area contributed by atoms with Gasteiger partial charge in [-0.2, -0.15) is 0 Å². The molecule has 0 radical (unpaired) electrons. The first kappa shape index (κ1) is 46.5. The van der Waals surface area contributed by atoms with Crippen molar-refractivity contribution in [1.29, 1.82) is 0 Å². The van der Waals surface area contributed by atoms with Gasteiger partial charge in [0, 0.05) is 0 Å². The summed E-state index contributed by atoms with van der Waals surface area (Å²) >= 11 is 0. The molecule has 0 bridgehead atoms. The zero-order chi connectivity index (χ0) is 39.9. The highest BCUT2D eigenvalue weighted by molar-refractivity contribution is 7.48. The van der Waals surface area contributed by atoms with Crippen molar-refractivity contribution in [2.24, 2.45) is 5.41 Å². The molecule has 1 heterocycles. The molecule has 0 N–H and O–H groups in total. The van der Waals surface area contributed by atoms with Crippen LogP contribution in [0.15, 0.2) is 60.7 Å². The van der Waals surface area contributed by atoms with Crippen molar-refractivity contribution in [3.63, 3.8) is 0 Å². The number of benzene rings is 2. The second-order valence-corrected chi connectivity index (χ2v) is 23.3. The number of phosphoric ester groups is 1. The predicted molar refractivity (Wildman–Crippen MR) is 215 cm³/mol. The average Bonchev–Trinajstić information content (AvgIpc) is 3.11. The molecule has 5 unspecified atom stereocenters. The molecule has 10 nitrogen and oxygen atoms in total. The molecular formula is C42H69O10PSi. The molecule has 306 valence electrons. The lowest BCUT2D eigenvalue weighted by Gasteiger charge is -2.48. The Labute approximate surface area is 327 Å². The van der Waals surface area contributed by atoms with E-state index in [1.807, 2.05) is 74.5 Å². The van der Waals surface area contributed by atoms with Gasteiger partial charge in [-0.1, -0.05) is 129 Å². The van der Waals surface area contributed by atoms with E-state index in [0.29, 0.717) is 29.5 Å². The Morgan fingerprint density at radius 3 is 1.63 bits per heavy atom. The molecule has 2 aromatic rings. The van der Waals surface area contributed by atoms with Crippen molar-refractivity contribution < 1.29 is 46.3 Å². The molecule has 1 fully saturated rings. The number of carbonyl (C=O) groups excluding carboxylic acids is 1. The second kappa shape index (κ2) is 22.1. The van der Waals surface area contributed by atoms with E-state index in [-0.39, 0.29) is 33.0 Å². The fraction of sp³-hybridized carbons (Fsp3) is 0.690. The number of unbranched alkanes of at least 4 members (excludes halogenated alkanes) is 2. The van der Waals surface area contributed by atoms with E-state index in [4.69, 9.17) is 36.9 Å². The maximum absolute atomic E-state index is 14.4. The molecule has 3 rings (SSSR count). The molecule has 0 spiro atoms. The molecule has 1 aliphatic heterocycles. The molecule has 12 heteroatoms. The van der Waals surface area contributed by atoms with Crippen LogP contribution in [0.5, 0.6) is 0 Å². The van der Waals surface area contributed by atoms with Gasteiger partial charge in [-0.15, -0.1) is 0 Å². The zero-order valence-electron chi connectivity index (χ0n) is 34.8. The van der Waals surface area contributed by atoms with Gasteiger partial charge in [0.15, 0.2) is 14.4 Å². The summed E-state index contributed by atoms with van der Waals surface area (Å²) in [7, 11) is -6.63. The topological polar surface area (TPSA) is 108 Å². The van der Waals surface area contributed by atoms with Crippen LogP contribution < -0.4 is 0 Å². The van der Waals surface area contributed by atoms with Crippen LogP contribution in [0.3, 0.4) is 0 Å². The molecule has 1 aliphatic rings. The Balaban J connectivity index is 2.19. The number of carbonyl (C=O) groups is 1. The highest BCUT2D eigenvalue weighted by Gasteiger charge is 2.55. The van der Waals surface area contributed by atoms with Gasteiger partial charge < -0.3 is 23.4 Å². The molecule has 54 heavy (non-hydrogen) atoms. The highest BCUT2D eigenvalue weighted by Crippen LogP contribution is 2.53. The van der Waals surface area contributed by atoms with Crippen molar-refractivity contribution in [1.82, 2.24) is 0 Å². The second-order valence-electron chi connectivity index (χ2n) is 16.2. The SMILES string of the molecule is CCCCOP(=O)(OCCCC)OC1OC(CO[Si](C(C)C)(C(C)C)C(C)C)C(OCc2ccccc2)C(OCc2ccccc2)C1OC(=O)C(C)(C)C. The van der Waals surface area contributed by atoms with Crippen molar-refractivity contribution >= 4 is 22.1 Å². The number of hydrogen-bond donors (Lipinski definition) is 0. The molecule has 0 saturated carbocycles. The molecule has 5 atom stereocenters. The summed E-state index contributed by atoms with van der Waals surface area (Å²) in [5.74, 6) is -0.506. The first-order valence-corrected chi connectivity index (χ1v) is 23.6. The average molecular weight is 793 g/mol. The Hall–Kier alpha value is -1.92. The van der Waals surface area contributed by atoms with Crippen LogP contribution in [0.25, 0.3) is 0 Å². The van der Waals surface area contributed by atoms with Crippen LogP contribution >= 0.6 is 7.82 Å². The normalized spacial score (nSPS) is 21.3. The van der Waals surface area contributed by atoms with Gasteiger partial charge in [0.2, 0.25) is 6.29 Å². The maximum atomic E-state index is 14.4. The monoisotopic (exact) mass is 792 g/mol. The Kier molecular flexibility index (Phi) is 19.0. The Morgan fingerprint density at radius 1 is 0.741 bits per heavy atom. The van der Waals surface area contributed by atoms with Crippen LogP contribution in [-0.2, 0) is 59.5 Å². The van der Waals surface area contributed by atoms with Crippen LogP contribution in [0.1, 0.15) is 113 Å². The summed E-state index contributed by atoms with van der Waals surface area (Å²) < 4.78 is 66.3. The summed E-state index contributed by atoms with van der Waals surface area (Å²) in [5, 5.41) is 0. The van der Waals surface area contributed by atoms with Gasteiger partial charge in [-0.05, 0) is 61.4 Å². The Bertz CT molecular complexity index is 1370. The van der Waals surface area contributed by atoms with E-state index in [9.17, 15) is 9.36 Å². The third kappa shape index (κ3) is 13.3. The fourth-order valence-electron chi connectivity index (χ4n) is 7.04. The number of ether oxygens (including phenoxy) is 4. The number of phosphoric acid groups is 1. The molecular weight excluding hydrogens is 724 g/mol. The maximum Gasteiger partial charge on any atom is 0.477 e. The predicted octanol–water partition coefficient (Wildman–Crippen LogP) is 10.8. The standard InChI is InChI=1S/C42H69O10PSi/c1-12-14-26-47-53(44,48-27-15-13-2)52-40-39(51-41(43)42(9,10)11)38(46-29-35-24-20-17-21-25-35)37(45-28-34-22-18-16-19-23-34)36(50-40)30-49-54(31(3)4,32(5)6)33(7)8/h16-25,31-33,36-40H,12-15,26-30H2,1-11H3. The van der Waals surface area contributed by atoms with Crippen molar-refractivity contribution in [2.45, 2.75) is 162 Å². The van der Waals surface area contributed by atoms with Crippen molar-refractivity contribution in [3.8, 4) is 0 Å². The molecule has 0 aliphatic carbocycles. The van der Waals surface area contributed by atoms with E-state index in [2.05, 4.69) is 41.5 Å². The van der Waals surface area contributed by atoms with Gasteiger partial charge in [-0.25, -0.2) is 4.57 Å². The Morgan fingerprint density at radius 2 is 1.20 bits per heavy atom. The quantitative estimate of drug-likeness (QED) is 0.0467. The first-order chi connectivity index (χ1) is 25.6. The van der Waals surface area contributed by atoms with E-state index < -0.39 is 58.2 Å². The summed E-state index contributed by atoms with van der Waals surface area (Å²) in [5.41, 5.74) is 1.91. The fourth-order valence-corrected chi connectivity index (χ4v) is 13.8. The summed E-state index contributed by atoms with van der Waals surface area (Å²) in [6, 6.07) is 19.6. The van der Waals surface area contributed by atoms with Gasteiger partial charge in [0.05, 0.1) is 38.4 Å². The van der Waals surface area contributed by atoms with E-state index in [1.54, 1.807) is 20.8 Å². The van der Waals surface area contributed by atoms with E-state index in [1.165, 1.54) is 0 Å². The van der Waals surface area contributed by atoms with E-state index >= 15 is 0 Å². The smallest absolute Gasteiger partial charge is 0.454 e. The van der Waals surface area contributed by atoms with Crippen LogP contribution in [0, 0.1) is 5.41 Å². The lowest BCUT2D eigenvalue weighted by atomic mass is 9.95. The molecule has 1 saturated heterocycles. The molecule has 0 amide bonds. The minimum Gasteiger partial charge on any atom is -0.454 e. The zero-order valence-corrected chi connectivity index (χ0v) is 36.7. The minimum absolute atomic E-state index is 0.156. The number of hydrogen-bond acceptors (Lipinski definition) is 10. The third-order valence-corrected chi connectivity index (χ3v) is 17.5. The summed E-state index contributed by atoms with van der Waals surface area (Å²) in [6.45, 7) is 23.6. The van der Waals surface area contributed by atoms with E-state index in [0.717, 1.165) is 24.0 Å². The van der Waals surface area contributed by atoms with Gasteiger partial charge in [0.1, 0.15) is 18.3 Å². The summed E-state index contributed by atoms with van der Waals surface area (Å²) in [6.07, 6.45) is -2.15. The lowest BCUT2D eigenvalue weighted by Crippen LogP contribution is -2.63. The summed E-state index contributed by atoms with van der Waals surface area (Å²) in [4.78, 5) is 13.8. The van der Waals surface area contributed by atoms with Crippen LogP contribution in [0.2, 0.25) is 16.6 Å². The van der Waals surface area contributed by atoms with Crippen molar-refractivity contribution in [3.05, 3.63) is 71.8 Å².